The van der Waals surface area contributed by atoms with E-state index >= 15 is 0 Å². The molecule has 0 unspecified atom stereocenters. The Hall–Kier alpha value is -2.34. The summed E-state index contributed by atoms with van der Waals surface area (Å²) in [5.41, 5.74) is 3.59. The summed E-state index contributed by atoms with van der Waals surface area (Å²) in [6.45, 7) is 0.248. The zero-order valence-corrected chi connectivity index (χ0v) is 17.9. The summed E-state index contributed by atoms with van der Waals surface area (Å²) in [4.78, 5) is 17.4. The Kier molecular flexibility index (Phi) is 6.73. The van der Waals surface area contributed by atoms with Crippen LogP contribution in [0.15, 0.2) is 84.4 Å². The lowest BCUT2D eigenvalue weighted by Crippen LogP contribution is -3.00. The monoisotopic (exact) mass is 470 g/mol. The predicted molar refractivity (Wildman–Crippen MR) is 109 cm³/mol. The number of carbonyl (C=O) groups excluding carboxylic acids is 1. The molecule has 2 heterocycles. The third kappa shape index (κ3) is 4.55. The number of aromatic nitrogens is 2. The number of hydrogen-bond acceptors (Lipinski definition) is 3. The van der Waals surface area contributed by atoms with E-state index in [-0.39, 0.29) is 29.3 Å². The third-order valence-electron chi connectivity index (χ3n) is 4.21. The molecule has 28 heavy (non-hydrogen) atoms. The molecule has 3 nitrogen and oxygen atoms in total. The van der Waals surface area contributed by atoms with Gasteiger partial charge >= 0.3 is 0 Å². The standard InChI is InChI=1S/C22H16ClN2OS.BrH/c23-18-11-9-17(10-12-18)21(26)14-25-13-5-4-8-20(25)22-24-19(15-27-22)16-6-2-1-3-7-16;/h1-13,15H,14H2;1H/q+1;/p-1. The molecule has 6 heteroatoms. The van der Waals surface area contributed by atoms with E-state index in [1.807, 2.05) is 64.7 Å². The minimum absolute atomic E-state index is 0. The first-order chi connectivity index (χ1) is 13.2. The molecule has 4 aromatic rings. The maximum absolute atomic E-state index is 12.7. The van der Waals surface area contributed by atoms with Gasteiger partial charge < -0.3 is 17.0 Å². The largest absolute Gasteiger partial charge is 1.00 e. The fourth-order valence-corrected chi connectivity index (χ4v) is 3.82. The second-order valence-corrected chi connectivity index (χ2v) is 7.34. The quantitative estimate of drug-likeness (QED) is 0.331. The van der Waals surface area contributed by atoms with Gasteiger partial charge in [0.1, 0.15) is 0 Å². The summed E-state index contributed by atoms with van der Waals surface area (Å²) in [6.07, 6.45) is 1.91. The second kappa shape index (κ2) is 9.24. The van der Waals surface area contributed by atoms with Gasteiger partial charge in [0, 0.05) is 33.7 Å². The van der Waals surface area contributed by atoms with E-state index in [4.69, 9.17) is 16.6 Å². The van der Waals surface area contributed by atoms with Gasteiger partial charge in [0.15, 0.2) is 11.2 Å². The van der Waals surface area contributed by atoms with Crippen molar-refractivity contribution < 1.29 is 26.3 Å². The van der Waals surface area contributed by atoms with Crippen molar-refractivity contribution in [2.45, 2.75) is 6.54 Å². The molecule has 0 atom stereocenters. The molecule has 0 saturated carbocycles. The van der Waals surface area contributed by atoms with Crippen LogP contribution in [0.3, 0.4) is 0 Å². The molecule has 0 aliphatic heterocycles. The van der Waals surface area contributed by atoms with Gasteiger partial charge in [-0.25, -0.2) is 4.98 Å². The molecule has 4 rings (SSSR count). The first kappa shape index (κ1) is 20.4. The molecule has 140 valence electrons. The maximum atomic E-state index is 12.7. The van der Waals surface area contributed by atoms with Crippen LogP contribution in [0, 0.1) is 0 Å². The van der Waals surface area contributed by atoms with Crippen molar-refractivity contribution in [1.29, 1.82) is 0 Å². The minimum Gasteiger partial charge on any atom is -1.00 e. The Balaban J connectivity index is 0.00000225. The minimum atomic E-state index is 0. The molecule has 0 spiro atoms. The number of pyridine rings is 1. The van der Waals surface area contributed by atoms with Gasteiger partial charge in [0.05, 0.1) is 5.69 Å². The van der Waals surface area contributed by atoms with Crippen molar-refractivity contribution in [1.82, 2.24) is 4.98 Å². The normalized spacial score (nSPS) is 10.3. The van der Waals surface area contributed by atoms with E-state index < -0.39 is 0 Å². The molecule has 0 aliphatic carbocycles. The average Bonchev–Trinajstić information content (AvgIpc) is 3.19. The molecular weight excluding hydrogens is 456 g/mol. The van der Waals surface area contributed by atoms with Crippen molar-refractivity contribution in [2.24, 2.45) is 0 Å². The highest BCUT2D eigenvalue weighted by molar-refractivity contribution is 7.13. The van der Waals surface area contributed by atoms with Gasteiger partial charge in [-0.1, -0.05) is 41.9 Å². The van der Waals surface area contributed by atoms with Crippen molar-refractivity contribution in [2.75, 3.05) is 0 Å². The smallest absolute Gasteiger partial charge is 0.241 e. The van der Waals surface area contributed by atoms with Gasteiger partial charge in [-0.2, -0.15) is 4.57 Å². The topological polar surface area (TPSA) is 33.8 Å². The lowest BCUT2D eigenvalue weighted by Gasteiger charge is -2.02. The van der Waals surface area contributed by atoms with Crippen molar-refractivity contribution in [3.05, 3.63) is 95.0 Å². The molecule has 2 aromatic carbocycles. The molecule has 0 amide bonds. The average molecular weight is 472 g/mol. The highest BCUT2D eigenvalue weighted by Gasteiger charge is 2.20. The van der Waals surface area contributed by atoms with Crippen LogP contribution in [0.1, 0.15) is 10.4 Å². The predicted octanol–water partition coefficient (Wildman–Crippen LogP) is 2.30. The number of ketones is 1. The van der Waals surface area contributed by atoms with Gasteiger partial charge in [-0.15, -0.1) is 11.3 Å². The zero-order chi connectivity index (χ0) is 18.6. The van der Waals surface area contributed by atoms with Crippen molar-refractivity contribution in [3.8, 4) is 22.0 Å². The number of thiazole rings is 1. The fourth-order valence-electron chi connectivity index (χ4n) is 2.82. The molecule has 0 saturated heterocycles. The van der Waals surface area contributed by atoms with Crippen LogP contribution in [0.4, 0.5) is 0 Å². The molecule has 0 fully saturated rings. The number of carbonyl (C=O) groups is 1. The number of benzene rings is 2. The number of nitrogens with zero attached hydrogens (tertiary/aromatic N) is 2. The zero-order valence-electron chi connectivity index (χ0n) is 14.8. The number of Topliss-reactive ketones (excluding diaryl/α,β-unsaturated/α-hetero) is 1. The summed E-state index contributed by atoms with van der Waals surface area (Å²) in [7, 11) is 0. The Bertz CT molecular complexity index is 1080. The fraction of sp³-hybridized carbons (Fsp3) is 0.0455. The van der Waals surface area contributed by atoms with Crippen LogP contribution in [0.25, 0.3) is 22.0 Å². The van der Waals surface area contributed by atoms with Crippen molar-refractivity contribution in [3.63, 3.8) is 0 Å². The van der Waals surface area contributed by atoms with Gasteiger partial charge in [0.25, 0.3) is 0 Å². The Morgan fingerprint density at radius 2 is 1.68 bits per heavy atom. The lowest BCUT2D eigenvalue weighted by atomic mass is 10.1. The van der Waals surface area contributed by atoms with E-state index in [2.05, 4.69) is 0 Å². The van der Waals surface area contributed by atoms with E-state index in [0.29, 0.717) is 10.6 Å². The SMILES string of the molecule is O=C(C[n+]1ccccc1-c1nc(-c2ccccc2)cs1)c1ccc(Cl)cc1.[Br-]. The Morgan fingerprint density at radius 1 is 0.964 bits per heavy atom. The van der Waals surface area contributed by atoms with E-state index in [1.54, 1.807) is 35.6 Å². The molecule has 0 bridgehead atoms. The van der Waals surface area contributed by atoms with Crippen LogP contribution < -0.4 is 21.5 Å². The number of rotatable bonds is 5. The summed E-state index contributed by atoms with van der Waals surface area (Å²) < 4.78 is 1.94. The summed E-state index contributed by atoms with van der Waals surface area (Å²) in [5, 5.41) is 3.55. The van der Waals surface area contributed by atoms with Gasteiger partial charge in [0.2, 0.25) is 18.0 Å². The first-order valence-corrected chi connectivity index (χ1v) is 9.75. The van der Waals surface area contributed by atoms with Crippen molar-refractivity contribution >= 4 is 28.7 Å². The number of halogens is 2. The number of hydrogen-bond donors (Lipinski definition) is 0. The van der Waals surface area contributed by atoms with E-state index in [1.165, 1.54) is 0 Å². The van der Waals surface area contributed by atoms with E-state index in [0.717, 1.165) is 22.0 Å². The molecule has 0 radical (unpaired) electrons. The summed E-state index contributed by atoms with van der Waals surface area (Å²) in [5.74, 6) is 0.0314. The van der Waals surface area contributed by atoms with Crippen LogP contribution in [0.2, 0.25) is 5.02 Å². The van der Waals surface area contributed by atoms with E-state index in [9.17, 15) is 4.79 Å². The first-order valence-electron chi connectivity index (χ1n) is 8.49. The Morgan fingerprint density at radius 3 is 2.43 bits per heavy atom. The van der Waals surface area contributed by atoms with Crippen LogP contribution in [-0.4, -0.2) is 10.8 Å². The summed E-state index contributed by atoms with van der Waals surface area (Å²) in [6, 6.07) is 22.9. The van der Waals surface area contributed by atoms with Gasteiger partial charge in [-0.3, -0.25) is 4.79 Å². The highest BCUT2D eigenvalue weighted by atomic mass is 79.9. The molecule has 0 N–H and O–H groups in total. The molecular formula is C22H16BrClN2OS. The Labute approximate surface area is 183 Å². The van der Waals surface area contributed by atoms with Crippen LogP contribution in [0.5, 0.6) is 0 Å². The second-order valence-electron chi connectivity index (χ2n) is 6.05. The highest BCUT2D eigenvalue weighted by Crippen LogP contribution is 2.27. The lowest BCUT2D eigenvalue weighted by molar-refractivity contribution is -0.672. The third-order valence-corrected chi connectivity index (χ3v) is 5.33. The molecule has 0 aliphatic rings. The summed E-state index contributed by atoms with van der Waals surface area (Å²) >= 11 is 7.49. The van der Waals surface area contributed by atoms with Crippen LogP contribution in [-0.2, 0) is 6.54 Å². The van der Waals surface area contributed by atoms with Crippen LogP contribution >= 0.6 is 22.9 Å². The van der Waals surface area contributed by atoms with Gasteiger partial charge in [-0.05, 0) is 30.3 Å². The maximum Gasteiger partial charge on any atom is 0.241 e. The molecule has 2 aromatic heterocycles.